The number of hydrogen-bond donors (Lipinski definition) is 1. The minimum atomic E-state index is -0.541. The first-order chi connectivity index (χ1) is 12.5. The summed E-state index contributed by atoms with van der Waals surface area (Å²) in [4.78, 5) is 17.2. The van der Waals surface area contributed by atoms with Crippen LogP contribution in [0.1, 0.15) is 18.2 Å². The maximum absolute atomic E-state index is 12.4. The van der Waals surface area contributed by atoms with Crippen molar-refractivity contribution in [3.8, 4) is 12.3 Å². The summed E-state index contributed by atoms with van der Waals surface area (Å²) in [6.45, 7) is 1.87. The van der Waals surface area contributed by atoms with Gasteiger partial charge in [-0.1, -0.05) is 69.4 Å². The molecule has 1 N–H and O–H groups in total. The van der Waals surface area contributed by atoms with Gasteiger partial charge in [-0.15, -0.1) is 17.8 Å². The zero-order valence-electron chi connectivity index (χ0n) is 14.2. The molecule has 26 heavy (non-hydrogen) atoms. The molecule has 0 bridgehead atoms. The molecule has 1 aliphatic rings. The van der Waals surface area contributed by atoms with Gasteiger partial charge in [0, 0.05) is 28.9 Å². The van der Waals surface area contributed by atoms with Crippen LogP contribution >= 0.6 is 38.9 Å². The fourth-order valence-corrected chi connectivity index (χ4v) is 3.81. The summed E-state index contributed by atoms with van der Waals surface area (Å²) in [5, 5.41) is 4.19. The molecule has 1 heterocycles. The van der Waals surface area contributed by atoms with Crippen molar-refractivity contribution in [1.82, 2.24) is 4.98 Å². The normalized spacial score (nSPS) is 15.8. The first kappa shape index (κ1) is 20.4. The van der Waals surface area contributed by atoms with Gasteiger partial charge in [0.05, 0.1) is 0 Å². The van der Waals surface area contributed by atoms with E-state index in [0.717, 1.165) is 22.8 Å². The average molecular weight is 450 g/mol. The number of carbonyl (C=O) groups is 1. The number of carbonyl (C=O) groups excluding carboxylic acids is 1. The van der Waals surface area contributed by atoms with Crippen LogP contribution in [-0.4, -0.2) is 15.7 Å². The molecular weight excluding hydrogens is 432 g/mol. The highest BCUT2D eigenvalue weighted by Gasteiger charge is 2.19. The number of nitrogens with one attached hydrogen (secondary N) is 1. The molecule has 1 aromatic heterocycles. The maximum atomic E-state index is 12.4. The molecule has 0 saturated carbocycles. The van der Waals surface area contributed by atoms with E-state index in [-0.39, 0.29) is 5.91 Å². The number of rotatable bonds is 6. The van der Waals surface area contributed by atoms with Crippen molar-refractivity contribution in [1.29, 1.82) is 0 Å². The summed E-state index contributed by atoms with van der Waals surface area (Å²) < 4.78 is 0. The number of anilines is 1. The van der Waals surface area contributed by atoms with Crippen molar-refractivity contribution in [2.45, 2.75) is 24.6 Å². The smallest absolute Gasteiger partial charge is 0.244 e. The Kier molecular flexibility index (Phi) is 8.11. The van der Waals surface area contributed by atoms with Gasteiger partial charge >= 0.3 is 0 Å². The molecule has 6 heteroatoms. The molecule has 0 fully saturated rings. The number of halogens is 2. The lowest BCUT2D eigenvalue weighted by molar-refractivity contribution is -0.115. The summed E-state index contributed by atoms with van der Waals surface area (Å²) in [6.07, 6.45) is 21.6. The van der Waals surface area contributed by atoms with Gasteiger partial charge in [-0.2, -0.15) is 0 Å². The highest BCUT2D eigenvalue weighted by atomic mass is 79.9. The van der Waals surface area contributed by atoms with Crippen LogP contribution in [-0.2, 0) is 11.2 Å². The second-order valence-electron chi connectivity index (χ2n) is 5.47. The van der Waals surface area contributed by atoms with Crippen molar-refractivity contribution in [2.75, 3.05) is 5.32 Å². The van der Waals surface area contributed by atoms with E-state index in [0.29, 0.717) is 10.7 Å². The number of amides is 1. The maximum Gasteiger partial charge on any atom is 0.244 e. The topological polar surface area (TPSA) is 42.0 Å². The second-order valence-corrected chi connectivity index (χ2v) is 7.99. The Hall–Kier alpha value is -1.87. The molecule has 1 aliphatic carbocycles. The molecular formula is C20H18BrClN2OS. The molecule has 0 radical (unpaired) electrons. The average Bonchev–Trinajstić information content (AvgIpc) is 2.93. The van der Waals surface area contributed by atoms with Crippen LogP contribution in [0.3, 0.4) is 0 Å². The largest absolute Gasteiger partial charge is 0.301 e. The summed E-state index contributed by atoms with van der Waals surface area (Å²) in [7, 11) is 0. The SMILES string of the molecule is C#C/C=C(\C=C/C)C(Br)C(=O)Nc1ncc(CC2=CC=CC=C(Cl)C2)s1. The van der Waals surface area contributed by atoms with Crippen molar-refractivity contribution in [3.05, 3.63) is 69.8 Å². The number of terminal acetylenes is 1. The van der Waals surface area contributed by atoms with Gasteiger partial charge in [0.1, 0.15) is 4.83 Å². The van der Waals surface area contributed by atoms with E-state index in [2.05, 4.69) is 38.2 Å². The molecule has 0 aliphatic heterocycles. The Bertz CT molecular complexity index is 855. The molecule has 3 nitrogen and oxygen atoms in total. The van der Waals surface area contributed by atoms with Crippen LogP contribution in [0.5, 0.6) is 0 Å². The lowest BCUT2D eigenvalue weighted by atomic mass is 10.1. The lowest BCUT2D eigenvalue weighted by Gasteiger charge is -2.09. The third kappa shape index (κ3) is 6.14. The van der Waals surface area contributed by atoms with Crippen molar-refractivity contribution < 1.29 is 4.79 Å². The molecule has 1 unspecified atom stereocenters. The molecule has 1 amide bonds. The molecule has 0 aromatic carbocycles. The van der Waals surface area contributed by atoms with E-state index in [1.807, 2.05) is 31.2 Å². The Morgan fingerprint density at radius 2 is 2.31 bits per heavy atom. The highest BCUT2D eigenvalue weighted by molar-refractivity contribution is 9.10. The number of thiazole rings is 1. The third-order valence-electron chi connectivity index (χ3n) is 3.43. The predicted molar refractivity (Wildman–Crippen MR) is 115 cm³/mol. The number of nitrogens with zero attached hydrogens (tertiary/aromatic N) is 1. The molecule has 1 atom stereocenters. The third-order valence-corrected chi connectivity index (χ3v) is 5.55. The van der Waals surface area contributed by atoms with Crippen LogP contribution in [0.2, 0.25) is 0 Å². The standard InChI is InChI=1S/C20H18BrClN2OS/c1-3-7-15(8-4-2)18(21)19(25)24-20-23-13-17(26-20)12-14-9-5-6-10-16(22)11-14/h1,4-10,13,18H,11-12H2,2H3,(H,23,24,25)/b8-4-,15-7+. The van der Waals surface area contributed by atoms with Crippen molar-refractivity contribution in [3.63, 3.8) is 0 Å². The summed E-state index contributed by atoms with van der Waals surface area (Å²) in [5.41, 5.74) is 1.91. The van der Waals surface area contributed by atoms with Crippen LogP contribution < -0.4 is 5.32 Å². The van der Waals surface area contributed by atoms with Gasteiger partial charge in [0.25, 0.3) is 0 Å². The Labute approximate surface area is 171 Å². The predicted octanol–water partition coefficient (Wildman–Crippen LogP) is 5.53. The minimum absolute atomic E-state index is 0.215. The van der Waals surface area contributed by atoms with Gasteiger partial charge in [0.2, 0.25) is 5.91 Å². The summed E-state index contributed by atoms with van der Waals surface area (Å²) >= 11 is 11.0. The lowest BCUT2D eigenvalue weighted by Crippen LogP contribution is -2.24. The fourth-order valence-electron chi connectivity index (χ4n) is 2.29. The zero-order chi connectivity index (χ0) is 18.9. The van der Waals surface area contributed by atoms with E-state index in [4.69, 9.17) is 18.0 Å². The van der Waals surface area contributed by atoms with Crippen LogP contribution in [0.15, 0.2) is 64.9 Å². The first-order valence-corrected chi connectivity index (χ1v) is 10.0. The van der Waals surface area contributed by atoms with Crippen LogP contribution in [0.4, 0.5) is 5.13 Å². The van der Waals surface area contributed by atoms with Gasteiger partial charge in [-0.05, 0) is 24.6 Å². The molecule has 134 valence electrons. The zero-order valence-corrected chi connectivity index (χ0v) is 17.4. The number of aromatic nitrogens is 1. The number of alkyl halides is 1. The van der Waals surface area contributed by atoms with E-state index in [1.54, 1.807) is 18.3 Å². The number of allylic oxidation sites excluding steroid dienone is 9. The molecule has 0 saturated heterocycles. The molecule has 2 rings (SSSR count). The molecule has 0 spiro atoms. The molecule has 1 aromatic rings. The van der Waals surface area contributed by atoms with Crippen LogP contribution in [0.25, 0.3) is 0 Å². The van der Waals surface area contributed by atoms with Gasteiger partial charge in [-0.3, -0.25) is 4.79 Å². The highest BCUT2D eigenvalue weighted by Crippen LogP contribution is 2.26. The van der Waals surface area contributed by atoms with E-state index in [9.17, 15) is 4.79 Å². The van der Waals surface area contributed by atoms with Crippen molar-refractivity contribution in [2.24, 2.45) is 0 Å². The second kappa shape index (κ2) is 10.3. The number of hydrogen-bond acceptors (Lipinski definition) is 3. The Morgan fingerprint density at radius 1 is 1.54 bits per heavy atom. The fraction of sp³-hybridized carbons (Fsp3) is 0.200. The summed E-state index contributed by atoms with van der Waals surface area (Å²) in [6, 6.07) is 0. The first-order valence-electron chi connectivity index (χ1n) is 7.92. The van der Waals surface area contributed by atoms with Gasteiger partial charge < -0.3 is 5.32 Å². The van der Waals surface area contributed by atoms with Gasteiger partial charge in [-0.25, -0.2) is 4.98 Å². The van der Waals surface area contributed by atoms with E-state index in [1.165, 1.54) is 16.9 Å². The van der Waals surface area contributed by atoms with E-state index >= 15 is 0 Å². The summed E-state index contributed by atoms with van der Waals surface area (Å²) in [5.74, 6) is 2.23. The Morgan fingerprint density at radius 3 is 3.04 bits per heavy atom. The van der Waals surface area contributed by atoms with Crippen molar-refractivity contribution >= 4 is 49.9 Å². The van der Waals surface area contributed by atoms with Gasteiger partial charge in [0.15, 0.2) is 5.13 Å². The monoisotopic (exact) mass is 448 g/mol. The Balaban J connectivity index is 2.02. The quantitative estimate of drug-likeness (QED) is 0.352. The van der Waals surface area contributed by atoms with Crippen LogP contribution in [0, 0.1) is 12.3 Å². The van der Waals surface area contributed by atoms with E-state index < -0.39 is 4.83 Å². The minimum Gasteiger partial charge on any atom is -0.301 e.